The lowest BCUT2D eigenvalue weighted by Gasteiger charge is -2.20. The average Bonchev–Trinajstić information content (AvgIpc) is 2.41. The third-order valence-electron chi connectivity index (χ3n) is 2.20. The van der Waals surface area contributed by atoms with E-state index >= 15 is 0 Å². The van der Waals surface area contributed by atoms with E-state index in [-0.39, 0.29) is 5.70 Å². The fourth-order valence-electron chi connectivity index (χ4n) is 1.36. The van der Waals surface area contributed by atoms with Crippen LogP contribution in [0.3, 0.4) is 0 Å². The molecular formula is C15H20N2O4. The van der Waals surface area contributed by atoms with Gasteiger partial charge < -0.3 is 14.8 Å². The van der Waals surface area contributed by atoms with Crippen molar-refractivity contribution in [3.8, 4) is 0 Å². The minimum Gasteiger partial charge on any atom is -0.464 e. The highest BCUT2D eigenvalue weighted by molar-refractivity contribution is 5.92. The van der Waals surface area contributed by atoms with Crippen molar-refractivity contribution < 1.29 is 19.1 Å². The van der Waals surface area contributed by atoms with Gasteiger partial charge >= 0.3 is 12.1 Å². The quantitative estimate of drug-likeness (QED) is 0.659. The van der Waals surface area contributed by atoms with Gasteiger partial charge in [0.1, 0.15) is 11.3 Å². The maximum Gasteiger partial charge on any atom is 0.412 e. The number of methoxy groups -OCH3 is 1. The van der Waals surface area contributed by atoms with Gasteiger partial charge in [-0.3, -0.25) is 5.32 Å². The Morgan fingerprint density at radius 2 is 1.76 bits per heavy atom. The smallest absolute Gasteiger partial charge is 0.412 e. The summed E-state index contributed by atoms with van der Waals surface area (Å²) in [6.07, 6.45) is 0.625. The molecule has 0 saturated heterocycles. The van der Waals surface area contributed by atoms with Gasteiger partial charge in [-0.2, -0.15) is 0 Å². The maximum absolute atomic E-state index is 11.7. The minimum absolute atomic E-state index is 0.0457. The van der Waals surface area contributed by atoms with E-state index in [1.165, 1.54) is 13.3 Å². The Morgan fingerprint density at radius 1 is 1.14 bits per heavy atom. The third-order valence-corrected chi connectivity index (χ3v) is 2.20. The molecule has 21 heavy (non-hydrogen) atoms. The summed E-state index contributed by atoms with van der Waals surface area (Å²) in [6, 6.07) is 9.19. The molecule has 0 unspecified atom stereocenters. The zero-order chi connectivity index (χ0) is 15.9. The molecule has 6 heteroatoms. The Morgan fingerprint density at radius 3 is 2.29 bits per heavy atom. The van der Waals surface area contributed by atoms with Gasteiger partial charge in [0.2, 0.25) is 0 Å². The van der Waals surface area contributed by atoms with E-state index in [1.54, 1.807) is 20.8 Å². The predicted molar refractivity (Wildman–Crippen MR) is 79.5 cm³/mol. The molecule has 0 heterocycles. The topological polar surface area (TPSA) is 76.7 Å². The lowest BCUT2D eigenvalue weighted by molar-refractivity contribution is -0.136. The summed E-state index contributed by atoms with van der Waals surface area (Å²) >= 11 is 0. The van der Waals surface area contributed by atoms with Crippen LogP contribution in [0.25, 0.3) is 0 Å². The van der Waals surface area contributed by atoms with E-state index in [9.17, 15) is 9.59 Å². The number of ether oxygens (including phenoxy) is 2. The molecule has 1 amide bonds. The summed E-state index contributed by atoms with van der Waals surface area (Å²) in [4.78, 5) is 23.3. The molecule has 2 N–H and O–H groups in total. The van der Waals surface area contributed by atoms with E-state index in [0.29, 0.717) is 0 Å². The number of hydrogen-bond donors (Lipinski definition) is 2. The molecule has 0 fully saturated rings. The number of hydrogen-bond acceptors (Lipinski definition) is 5. The summed E-state index contributed by atoms with van der Waals surface area (Å²) in [5.41, 5.74) is 0.0681. The predicted octanol–water partition coefficient (Wildman–Crippen LogP) is 2.64. The van der Waals surface area contributed by atoms with Crippen LogP contribution in [-0.2, 0) is 14.3 Å². The first-order chi connectivity index (χ1) is 9.81. The van der Waals surface area contributed by atoms with Gasteiger partial charge in [0.05, 0.1) is 7.11 Å². The van der Waals surface area contributed by atoms with E-state index in [0.717, 1.165) is 5.69 Å². The molecular weight excluding hydrogens is 272 g/mol. The first-order valence-electron chi connectivity index (χ1n) is 6.42. The SMILES string of the molecule is COC(=O)/C(=C/Nc1ccccc1)NC(=O)OC(C)(C)C. The van der Waals surface area contributed by atoms with E-state index in [4.69, 9.17) is 4.74 Å². The number of anilines is 1. The molecule has 0 atom stereocenters. The summed E-state index contributed by atoms with van der Waals surface area (Å²) < 4.78 is 9.70. The number of carbonyl (C=O) groups excluding carboxylic acids is 2. The van der Waals surface area contributed by atoms with Gasteiger partial charge in [-0.15, -0.1) is 0 Å². The fraction of sp³-hybridized carbons (Fsp3) is 0.333. The Balaban J connectivity index is 2.76. The van der Waals surface area contributed by atoms with Crippen molar-refractivity contribution >= 4 is 17.7 Å². The van der Waals surface area contributed by atoms with Crippen LogP contribution in [0.5, 0.6) is 0 Å². The molecule has 0 saturated carbocycles. The van der Waals surface area contributed by atoms with Crippen LogP contribution >= 0.6 is 0 Å². The fourth-order valence-corrected chi connectivity index (χ4v) is 1.36. The molecule has 1 aromatic carbocycles. The third kappa shape index (κ3) is 6.47. The van der Waals surface area contributed by atoms with Crippen molar-refractivity contribution in [3.05, 3.63) is 42.2 Å². The first-order valence-corrected chi connectivity index (χ1v) is 6.42. The molecule has 6 nitrogen and oxygen atoms in total. The highest BCUT2D eigenvalue weighted by atomic mass is 16.6. The Bertz CT molecular complexity index is 518. The molecule has 0 aliphatic heterocycles. The Hall–Kier alpha value is -2.50. The second-order valence-electron chi connectivity index (χ2n) is 5.19. The number of nitrogens with one attached hydrogen (secondary N) is 2. The monoisotopic (exact) mass is 292 g/mol. The van der Waals surface area contributed by atoms with Crippen molar-refractivity contribution in [1.29, 1.82) is 0 Å². The van der Waals surface area contributed by atoms with Crippen molar-refractivity contribution in [2.24, 2.45) is 0 Å². The molecule has 0 aromatic heterocycles. The highest BCUT2D eigenvalue weighted by Gasteiger charge is 2.19. The summed E-state index contributed by atoms with van der Waals surface area (Å²) in [6.45, 7) is 5.20. The van der Waals surface area contributed by atoms with E-state index in [2.05, 4.69) is 15.4 Å². The van der Waals surface area contributed by atoms with Crippen molar-refractivity contribution in [2.45, 2.75) is 26.4 Å². The summed E-state index contributed by atoms with van der Waals surface area (Å²) in [5.74, 6) is -0.677. The van der Waals surface area contributed by atoms with Crippen molar-refractivity contribution in [3.63, 3.8) is 0 Å². The van der Waals surface area contributed by atoms with Crippen molar-refractivity contribution in [2.75, 3.05) is 12.4 Å². The second-order valence-corrected chi connectivity index (χ2v) is 5.19. The van der Waals surface area contributed by atoms with Gasteiger partial charge in [-0.25, -0.2) is 9.59 Å². The lowest BCUT2D eigenvalue weighted by atomic mass is 10.2. The minimum atomic E-state index is -0.728. The molecule has 114 valence electrons. The van der Waals surface area contributed by atoms with Gasteiger partial charge in [0.15, 0.2) is 0 Å². The average molecular weight is 292 g/mol. The van der Waals surface area contributed by atoms with Crippen LogP contribution in [0.15, 0.2) is 42.2 Å². The maximum atomic E-state index is 11.7. The molecule has 0 radical (unpaired) electrons. The molecule has 1 rings (SSSR count). The second kappa shape index (κ2) is 7.33. The van der Waals surface area contributed by atoms with Crippen LogP contribution in [-0.4, -0.2) is 24.8 Å². The molecule has 0 spiro atoms. The number of benzene rings is 1. The van der Waals surface area contributed by atoms with Gasteiger partial charge in [0, 0.05) is 11.9 Å². The normalized spacial score (nSPS) is 11.5. The number of esters is 1. The highest BCUT2D eigenvalue weighted by Crippen LogP contribution is 2.09. The Labute approximate surface area is 124 Å². The van der Waals surface area contributed by atoms with Gasteiger partial charge in [-0.1, -0.05) is 18.2 Å². The Kier molecular flexibility index (Phi) is 5.78. The zero-order valence-electron chi connectivity index (χ0n) is 12.6. The zero-order valence-corrected chi connectivity index (χ0v) is 12.6. The van der Waals surface area contributed by atoms with Crippen LogP contribution in [0, 0.1) is 0 Å². The largest absolute Gasteiger partial charge is 0.464 e. The number of alkyl carbamates (subject to hydrolysis) is 1. The first kappa shape index (κ1) is 16.6. The molecule has 1 aromatic rings. The molecule has 0 bridgehead atoms. The summed E-state index contributed by atoms with van der Waals surface area (Å²) in [7, 11) is 1.23. The van der Waals surface area contributed by atoms with Crippen LogP contribution in [0.4, 0.5) is 10.5 Å². The van der Waals surface area contributed by atoms with E-state index < -0.39 is 17.7 Å². The van der Waals surface area contributed by atoms with Crippen LogP contribution in [0.1, 0.15) is 20.8 Å². The van der Waals surface area contributed by atoms with Gasteiger partial charge in [0.25, 0.3) is 0 Å². The number of carbonyl (C=O) groups is 2. The standard InChI is InChI=1S/C15H20N2O4/c1-15(2,3)21-14(19)17-12(13(18)20-4)10-16-11-8-6-5-7-9-11/h5-10,16H,1-4H3,(H,17,19)/b12-10-. The number of amides is 1. The van der Waals surface area contributed by atoms with Gasteiger partial charge in [-0.05, 0) is 32.9 Å². The number of para-hydroxylation sites is 1. The summed E-state index contributed by atoms with van der Waals surface area (Å²) in [5, 5.41) is 5.25. The van der Waals surface area contributed by atoms with Crippen LogP contribution < -0.4 is 10.6 Å². The van der Waals surface area contributed by atoms with Crippen molar-refractivity contribution in [1.82, 2.24) is 5.32 Å². The number of rotatable bonds is 4. The molecule has 0 aliphatic carbocycles. The van der Waals surface area contributed by atoms with Crippen LogP contribution in [0.2, 0.25) is 0 Å². The van der Waals surface area contributed by atoms with E-state index in [1.807, 2.05) is 30.3 Å². The molecule has 0 aliphatic rings. The lowest BCUT2D eigenvalue weighted by Crippen LogP contribution is -2.34.